The Hall–Kier alpha value is -0.980. The third-order valence-corrected chi connectivity index (χ3v) is 6.09. The highest BCUT2D eigenvalue weighted by atomic mass is 32.2. The van der Waals surface area contributed by atoms with Crippen molar-refractivity contribution in [2.24, 2.45) is 5.92 Å². The molecule has 22 heavy (non-hydrogen) atoms. The predicted octanol–water partition coefficient (Wildman–Crippen LogP) is 3.12. The van der Waals surface area contributed by atoms with Crippen molar-refractivity contribution in [3.63, 3.8) is 0 Å². The van der Waals surface area contributed by atoms with Crippen LogP contribution < -0.4 is 0 Å². The van der Waals surface area contributed by atoms with Gasteiger partial charge in [-0.25, -0.2) is 12.8 Å². The second-order valence-electron chi connectivity index (χ2n) is 5.77. The average Bonchev–Trinajstić information content (AvgIpc) is 2.94. The number of nitrogens with zero attached hydrogens (tertiary/aromatic N) is 1. The van der Waals surface area contributed by atoms with Crippen LogP contribution in [0, 0.1) is 12.8 Å². The molecule has 0 aromatic heterocycles. The van der Waals surface area contributed by atoms with Gasteiger partial charge in [-0.05, 0) is 37.8 Å². The SMILES string of the molecule is CCC(CC)C1OC(CF)CN1S(=O)(=O)c1ccc(C)cc1. The molecule has 1 saturated heterocycles. The summed E-state index contributed by atoms with van der Waals surface area (Å²) < 4.78 is 45.8. The van der Waals surface area contributed by atoms with Gasteiger partial charge in [-0.15, -0.1) is 0 Å². The summed E-state index contributed by atoms with van der Waals surface area (Å²) in [7, 11) is -3.67. The molecule has 0 spiro atoms. The highest BCUT2D eigenvalue weighted by molar-refractivity contribution is 7.89. The van der Waals surface area contributed by atoms with Gasteiger partial charge < -0.3 is 4.74 Å². The van der Waals surface area contributed by atoms with Crippen molar-refractivity contribution in [2.45, 2.75) is 50.8 Å². The van der Waals surface area contributed by atoms with Gasteiger partial charge in [0.15, 0.2) is 0 Å². The maximum Gasteiger partial charge on any atom is 0.245 e. The molecule has 0 radical (unpaired) electrons. The second-order valence-corrected chi connectivity index (χ2v) is 7.66. The number of hydrogen-bond acceptors (Lipinski definition) is 3. The van der Waals surface area contributed by atoms with Crippen molar-refractivity contribution in [1.82, 2.24) is 4.31 Å². The lowest BCUT2D eigenvalue weighted by Gasteiger charge is -2.28. The third-order valence-electron chi connectivity index (χ3n) is 4.25. The smallest absolute Gasteiger partial charge is 0.245 e. The minimum atomic E-state index is -3.67. The fourth-order valence-corrected chi connectivity index (χ4v) is 4.43. The Bertz CT molecular complexity index is 584. The van der Waals surface area contributed by atoms with Crippen molar-refractivity contribution >= 4 is 10.0 Å². The van der Waals surface area contributed by atoms with E-state index in [4.69, 9.17) is 4.74 Å². The van der Waals surface area contributed by atoms with E-state index in [1.807, 2.05) is 20.8 Å². The normalized spacial score (nSPS) is 23.3. The lowest BCUT2D eigenvalue weighted by molar-refractivity contribution is -0.0262. The molecule has 1 aliphatic rings. The lowest BCUT2D eigenvalue weighted by Crippen LogP contribution is -2.40. The predicted molar refractivity (Wildman–Crippen MR) is 83.8 cm³/mol. The molecule has 6 heteroatoms. The Labute approximate surface area is 132 Å². The lowest BCUT2D eigenvalue weighted by atomic mass is 10.0. The Morgan fingerprint density at radius 1 is 1.27 bits per heavy atom. The fourth-order valence-electron chi connectivity index (χ4n) is 2.82. The maximum atomic E-state index is 13.0. The molecule has 1 aliphatic heterocycles. The molecular weight excluding hydrogens is 305 g/mol. The molecule has 2 rings (SSSR count). The van der Waals surface area contributed by atoms with Crippen LogP contribution in [0.3, 0.4) is 0 Å². The Balaban J connectivity index is 2.35. The van der Waals surface area contributed by atoms with Crippen LogP contribution in [0.4, 0.5) is 4.39 Å². The molecule has 0 aliphatic carbocycles. The zero-order valence-corrected chi connectivity index (χ0v) is 14.1. The Kier molecular flexibility index (Phi) is 5.58. The van der Waals surface area contributed by atoms with Crippen molar-refractivity contribution < 1.29 is 17.5 Å². The van der Waals surface area contributed by atoms with Crippen molar-refractivity contribution in [2.75, 3.05) is 13.2 Å². The van der Waals surface area contributed by atoms with Crippen LogP contribution in [0.2, 0.25) is 0 Å². The fraction of sp³-hybridized carbons (Fsp3) is 0.625. The maximum absolute atomic E-state index is 13.0. The van der Waals surface area contributed by atoms with Crippen LogP contribution >= 0.6 is 0 Å². The third kappa shape index (κ3) is 3.34. The van der Waals surface area contributed by atoms with Crippen LogP contribution in [0.5, 0.6) is 0 Å². The topological polar surface area (TPSA) is 46.6 Å². The largest absolute Gasteiger partial charge is 0.354 e. The monoisotopic (exact) mass is 329 g/mol. The molecule has 4 nitrogen and oxygen atoms in total. The molecule has 124 valence electrons. The van der Waals surface area contributed by atoms with Gasteiger partial charge in [0.2, 0.25) is 10.0 Å². The summed E-state index contributed by atoms with van der Waals surface area (Å²) in [5, 5.41) is 0. The van der Waals surface area contributed by atoms with E-state index in [2.05, 4.69) is 0 Å². The van der Waals surface area contributed by atoms with E-state index in [0.717, 1.165) is 18.4 Å². The van der Waals surface area contributed by atoms with Crippen molar-refractivity contribution in [3.8, 4) is 0 Å². The van der Waals surface area contributed by atoms with Gasteiger partial charge in [0.1, 0.15) is 19.0 Å². The minimum absolute atomic E-state index is 0.0665. The first-order valence-corrected chi connectivity index (χ1v) is 9.18. The molecule has 0 amide bonds. The Morgan fingerprint density at radius 3 is 2.36 bits per heavy atom. The summed E-state index contributed by atoms with van der Waals surface area (Å²) in [5.41, 5.74) is 0.995. The van der Waals surface area contributed by atoms with Gasteiger partial charge in [0.05, 0.1) is 4.90 Å². The van der Waals surface area contributed by atoms with Crippen LogP contribution in [0.25, 0.3) is 0 Å². The summed E-state index contributed by atoms with van der Waals surface area (Å²) in [6, 6.07) is 6.72. The molecule has 2 unspecified atom stereocenters. The van der Waals surface area contributed by atoms with Crippen LogP contribution in [0.1, 0.15) is 32.3 Å². The Morgan fingerprint density at radius 2 is 1.86 bits per heavy atom. The molecule has 1 aromatic rings. The summed E-state index contributed by atoms with van der Waals surface area (Å²) in [6.45, 7) is 5.31. The molecular formula is C16H24FNO3S. The van der Waals surface area contributed by atoms with Gasteiger partial charge in [-0.1, -0.05) is 31.5 Å². The van der Waals surface area contributed by atoms with E-state index < -0.39 is 29.0 Å². The van der Waals surface area contributed by atoms with E-state index in [1.165, 1.54) is 4.31 Å². The number of hydrogen-bond donors (Lipinski definition) is 0. The summed E-state index contributed by atoms with van der Waals surface area (Å²) in [5.74, 6) is 0.0665. The minimum Gasteiger partial charge on any atom is -0.354 e. The molecule has 1 fully saturated rings. The molecule has 1 aromatic carbocycles. The highest BCUT2D eigenvalue weighted by Gasteiger charge is 2.43. The highest BCUT2D eigenvalue weighted by Crippen LogP contribution is 2.32. The number of halogens is 1. The summed E-state index contributed by atoms with van der Waals surface area (Å²) in [4.78, 5) is 0.233. The van der Waals surface area contributed by atoms with Crippen molar-refractivity contribution in [3.05, 3.63) is 29.8 Å². The number of rotatable bonds is 6. The first-order valence-electron chi connectivity index (χ1n) is 7.74. The quantitative estimate of drug-likeness (QED) is 0.805. The number of aryl methyl sites for hydroxylation is 1. The van der Waals surface area contributed by atoms with Crippen LogP contribution in [-0.2, 0) is 14.8 Å². The first-order chi connectivity index (χ1) is 10.4. The zero-order valence-electron chi connectivity index (χ0n) is 13.3. The van der Waals surface area contributed by atoms with Gasteiger partial charge in [0.25, 0.3) is 0 Å². The van der Waals surface area contributed by atoms with E-state index in [9.17, 15) is 12.8 Å². The molecule has 2 atom stereocenters. The summed E-state index contributed by atoms with van der Waals surface area (Å²) >= 11 is 0. The zero-order chi connectivity index (χ0) is 16.3. The number of benzene rings is 1. The molecule has 0 saturated carbocycles. The summed E-state index contributed by atoms with van der Waals surface area (Å²) in [6.07, 6.45) is 0.327. The van der Waals surface area contributed by atoms with Gasteiger partial charge in [-0.2, -0.15) is 4.31 Å². The van der Waals surface area contributed by atoms with Gasteiger partial charge in [0, 0.05) is 6.54 Å². The standard InChI is InChI=1S/C16H24FNO3S/c1-4-13(5-2)16-18(11-14(10-17)21-16)22(19,20)15-8-6-12(3)7-9-15/h6-9,13-14,16H,4-5,10-11H2,1-3H3. The van der Waals surface area contributed by atoms with E-state index in [1.54, 1.807) is 24.3 Å². The number of sulfonamides is 1. The van der Waals surface area contributed by atoms with Crippen LogP contribution in [0.15, 0.2) is 29.2 Å². The van der Waals surface area contributed by atoms with E-state index in [-0.39, 0.29) is 17.4 Å². The molecule has 1 heterocycles. The average molecular weight is 329 g/mol. The first kappa shape index (κ1) is 17.4. The van der Waals surface area contributed by atoms with Gasteiger partial charge >= 0.3 is 0 Å². The van der Waals surface area contributed by atoms with Crippen LogP contribution in [-0.4, -0.2) is 38.3 Å². The van der Waals surface area contributed by atoms with E-state index in [0.29, 0.717) is 0 Å². The molecule has 0 N–H and O–H groups in total. The van der Waals surface area contributed by atoms with Crippen molar-refractivity contribution in [1.29, 1.82) is 0 Å². The second kappa shape index (κ2) is 7.06. The molecule has 0 bridgehead atoms. The number of ether oxygens (including phenoxy) is 1. The van der Waals surface area contributed by atoms with E-state index >= 15 is 0 Å². The van der Waals surface area contributed by atoms with Gasteiger partial charge in [-0.3, -0.25) is 0 Å². The number of alkyl halides is 1.